The van der Waals surface area contributed by atoms with E-state index in [2.05, 4.69) is 52.9 Å². The van der Waals surface area contributed by atoms with Crippen molar-refractivity contribution in [3.8, 4) is 11.5 Å². The molecule has 0 amide bonds. The van der Waals surface area contributed by atoms with Gasteiger partial charge in [0.15, 0.2) is 11.5 Å². The second kappa shape index (κ2) is 12.4. The highest BCUT2D eigenvalue weighted by atomic mass is 79.9. The molecule has 1 heterocycles. The number of ether oxygens (including phenoxy) is 2. The van der Waals surface area contributed by atoms with Crippen LogP contribution >= 0.6 is 47.8 Å². The molecule has 0 saturated carbocycles. The summed E-state index contributed by atoms with van der Waals surface area (Å²) in [5.41, 5.74) is 1.86. The van der Waals surface area contributed by atoms with Crippen molar-refractivity contribution in [3.05, 3.63) is 94.8 Å². The van der Waals surface area contributed by atoms with Crippen LogP contribution < -0.4 is 15.0 Å². The van der Waals surface area contributed by atoms with Gasteiger partial charge in [0.1, 0.15) is 12.4 Å². The third-order valence-electron chi connectivity index (χ3n) is 6.13. The third-order valence-corrected chi connectivity index (χ3v) is 8.77. The van der Waals surface area contributed by atoms with Gasteiger partial charge in [-0.05, 0) is 80.2 Å². The predicted molar refractivity (Wildman–Crippen MR) is 162 cm³/mol. The van der Waals surface area contributed by atoms with Gasteiger partial charge in [0, 0.05) is 20.4 Å². The number of halogens is 3. The summed E-state index contributed by atoms with van der Waals surface area (Å²) in [5.74, 6) is 0.419. The van der Waals surface area contributed by atoms with E-state index < -0.39 is 5.97 Å². The van der Waals surface area contributed by atoms with Gasteiger partial charge in [-0.1, -0.05) is 41.9 Å². The van der Waals surface area contributed by atoms with Crippen LogP contribution in [0.3, 0.4) is 0 Å². The SMILES string of the molecule is CC[C@H](C)c1nc2ccc(Br)cc2c(=O)n1N=Cc1cc(OC)c(OCc2cccc(C(=O)O)c2)c(Br)c1Br. The number of aromatic nitrogens is 2. The molecule has 0 bridgehead atoms. The lowest BCUT2D eigenvalue weighted by Gasteiger charge is -2.16. The number of carbonyl (C=O) groups is 1. The number of benzene rings is 3. The van der Waals surface area contributed by atoms with Crippen LogP contribution in [0.1, 0.15) is 53.5 Å². The van der Waals surface area contributed by atoms with Crippen LogP contribution in [0, 0.1) is 0 Å². The standard InChI is InChI=1S/C28H24Br3N3O5/c1-4-15(2)26-33-21-9-8-19(29)12-20(21)27(35)34(26)32-13-18-11-22(38-3)25(24(31)23(18)30)39-14-16-6-5-7-17(10-16)28(36)37/h5-13,15H,4,14H2,1-3H3,(H,36,37)/t15-/m0/s1. The van der Waals surface area contributed by atoms with Crippen molar-refractivity contribution in [3.63, 3.8) is 0 Å². The second-order valence-electron chi connectivity index (χ2n) is 8.72. The average Bonchev–Trinajstić information content (AvgIpc) is 2.93. The molecule has 4 rings (SSSR count). The quantitative estimate of drug-likeness (QED) is 0.181. The van der Waals surface area contributed by atoms with Crippen molar-refractivity contribution in [2.24, 2.45) is 5.10 Å². The molecular weight excluding hydrogens is 698 g/mol. The maximum atomic E-state index is 13.4. The van der Waals surface area contributed by atoms with Gasteiger partial charge in [0.2, 0.25) is 0 Å². The molecule has 39 heavy (non-hydrogen) atoms. The Hall–Kier alpha value is -3.02. The van der Waals surface area contributed by atoms with Crippen molar-refractivity contribution in [1.29, 1.82) is 0 Å². The Balaban J connectivity index is 1.73. The highest BCUT2D eigenvalue weighted by Gasteiger charge is 2.19. The van der Waals surface area contributed by atoms with Crippen LogP contribution in [0.25, 0.3) is 10.9 Å². The minimum absolute atomic E-state index is 0.00279. The Morgan fingerprint density at radius 1 is 1.15 bits per heavy atom. The van der Waals surface area contributed by atoms with E-state index in [9.17, 15) is 14.7 Å². The molecule has 1 atom stereocenters. The summed E-state index contributed by atoms with van der Waals surface area (Å²) in [6.07, 6.45) is 2.35. The van der Waals surface area contributed by atoms with Gasteiger partial charge in [0.05, 0.1) is 34.3 Å². The predicted octanol–water partition coefficient (Wildman–Crippen LogP) is 7.37. The number of aromatic carboxylic acids is 1. The van der Waals surface area contributed by atoms with Crippen molar-refractivity contribution < 1.29 is 19.4 Å². The van der Waals surface area contributed by atoms with Gasteiger partial charge in [-0.2, -0.15) is 9.78 Å². The van der Waals surface area contributed by atoms with E-state index in [1.54, 1.807) is 36.5 Å². The van der Waals surface area contributed by atoms with Gasteiger partial charge in [-0.15, -0.1) is 0 Å². The van der Waals surface area contributed by atoms with E-state index in [1.165, 1.54) is 17.9 Å². The number of carboxylic acid groups (broad SMARTS) is 1. The number of nitrogens with zero attached hydrogens (tertiary/aromatic N) is 3. The molecule has 202 valence electrons. The first-order chi connectivity index (χ1) is 18.6. The zero-order valence-electron chi connectivity index (χ0n) is 21.2. The highest BCUT2D eigenvalue weighted by molar-refractivity contribution is 9.13. The topological polar surface area (TPSA) is 103 Å². The zero-order valence-corrected chi connectivity index (χ0v) is 26.0. The maximum absolute atomic E-state index is 13.4. The van der Waals surface area contributed by atoms with Crippen LogP contribution in [-0.4, -0.2) is 34.1 Å². The minimum Gasteiger partial charge on any atom is -0.493 e. The Bertz CT molecular complexity index is 1650. The summed E-state index contributed by atoms with van der Waals surface area (Å²) in [6.45, 7) is 4.17. The number of rotatable bonds is 9. The molecule has 0 unspecified atom stereocenters. The molecular formula is C28H24Br3N3O5. The molecule has 0 saturated heterocycles. The smallest absolute Gasteiger partial charge is 0.335 e. The first-order valence-electron chi connectivity index (χ1n) is 11.9. The lowest BCUT2D eigenvalue weighted by Crippen LogP contribution is -2.23. The summed E-state index contributed by atoms with van der Waals surface area (Å²) in [6, 6.07) is 13.7. The first-order valence-corrected chi connectivity index (χ1v) is 14.3. The molecule has 0 aliphatic carbocycles. The van der Waals surface area contributed by atoms with Crippen molar-refractivity contribution in [2.75, 3.05) is 7.11 Å². The molecule has 3 aromatic carbocycles. The van der Waals surface area contributed by atoms with Crippen LogP contribution in [0.2, 0.25) is 0 Å². The van der Waals surface area contributed by atoms with Gasteiger partial charge >= 0.3 is 5.97 Å². The lowest BCUT2D eigenvalue weighted by molar-refractivity contribution is 0.0696. The second-order valence-corrected chi connectivity index (χ2v) is 11.2. The van der Waals surface area contributed by atoms with E-state index in [4.69, 9.17) is 14.5 Å². The number of fused-ring (bicyclic) bond motifs is 1. The Morgan fingerprint density at radius 2 is 1.92 bits per heavy atom. The average molecular weight is 722 g/mol. The fraction of sp³-hybridized carbons (Fsp3) is 0.214. The Kier molecular flexibility index (Phi) is 9.24. The van der Waals surface area contributed by atoms with Crippen molar-refractivity contribution in [2.45, 2.75) is 32.8 Å². The Morgan fingerprint density at radius 3 is 2.62 bits per heavy atom. The van der Waals surface area contributed by atoms with Gasteiger partial charge in [0.25, 0.3) is 5.56 Å². The number of methoxy groups -OCH3 is 1. The number of hydrogen-bond acceptors (Lipinski definition) is 6. The zero-order chi connectivity index (χ0) is 28.3. The largest absolute Gasteiger partial charge is 0.493 e. The lowest BCUT2D eigenvalue weighted by atomic mass is 10.1. The third kappa shape index (κ3) is 6.26. The van der Waals surface area contributed by atoms with E-state index in [0.717, 1.165) is 10.9 Å². The molecule has 4 aromatic rings. The molecule has 1 aromatic heterocycles. The van der Waals surface area contributed by atoms with Crippen LogP contribution in [-0.2, 0) is 6.61 Å². The minimum atomic E-state index is -1.01. The van der Waals surface area contributed by atoms with E-state index >= 15 is 0 Å². The summed E-state index contributed by atoms with van der Waals surface area (Å²) in [7, 11) is 1.52. The first kappa shape index (κ1) is 29.0. The van der Waals surface area contributed by atoms with Crippen molar-refractivity contribution in [1.82, 2.24) is 9.66 Å². The summed E-state index contributed by atoms with van der Waals surface area (Å²) >= 11 is 10.6. The molecule has 11 heteroatoms. The van der Waals surface area contributed by atoms with Crippen LogP contribution in [0.5, 0.6) is 11.5 Å². The summed E-state index contributed by atoms with van der Waals surface area (Å²) < 4.78 is 14.9. The summed E-state index contributed by atoms with van der Waals surface area (Å²) in [4.78, 5) is 29.5. The van der Waals surface area contributed by atoms with Gasteiger partial charge in [-0.25, -0.2) is 9.78 Å². The summed E-state index contributed by atoms with van der Waals surface area (Å²) in [5, 5.41) is 14.3. The van der Waals surface area contributed by atoms with Gasteiger partial charge < -0.3 is 14.6 Å². The molecule has 0 fully saturated rings. The fourth-order valence-electron chi connectivity index (χ4n) is 3.83. The molecule has 0 radical (unpaired) electrons. The van der Waals surface area contributed by atoms with Gasteiger partial charge in [-0.3, -0.25) is 4.79 Å². The monoisotopic (exact) mass is 719 g/mol. The maximum Gasteiger partial charge on any atom is 0.335 e. The van der Waals surface area contributed by atoms with Crippen molar-refractivity contribution >= 4 is 70.9 Å². The molecule has 0 aliphatic heterocycles. The van der Waals surface area contributed by atoms with E-state index in [0.29, 0.717) is 48.3 Å². The molecule has 8 nitrogen and oxygen atoms in total. The molecule has 0 spiro atoms. The van der Waals surface area contributed by atoms with E-state index in [1.807, 2.05) is 26.0 Å². The molecule has 1 N–H and O–H groups in total. The van der Waals surface area contributed by atoms with Crippen LogP contribution in [0.15, 0.2) is 71.8 Å². The Labute approximate surface area is 250 Å². The van der Waals surface area contributed by atoms with E-state index in [-0.39, 0.29) is 23.6 Å². The number of carboxylic acids is 1. The van der Waals surface area contributed by atoms with Crippen LogP contribution in [0.4, 0.5) is 0 Å². The molecule has 0 aliphatic rings. The fourth-order valence-corrected chi connectivity index (χ4v) is 5.13. The highest BCUT2D eigenvalue weighted by Crippen LogP contribution is 2.42. The number of hydrogen-bond donors (Lipinski definition) is 1. The normalized spacial score (nSPS) is 12.2.